The lowest BCUT2D eigenvalue weighted by Crippen LogP contribution is -2.23. The Kier molecular flexibility index (Phi) is 5.12. The third-order valence-electron chi connectivity index (χ3n) is 6.86. The van der Waals surface area contributed by atoms with Crippen molar-refractivity contribution in [3.63, 3.8) is 0 Å². The minimum atomic E-state index is 0.142. The number of hydrogen-bond acceptors (Lipinski definition) is 6. The molecule has 0 saturated carbocycles. The van der Waals surface area contributed by atoms with Crippen molar-refractivity contribution in [2.75, 3.05) is 0 Å². The number of nitriles is 2. The van der Waals surface area contributed by atoms with Crippen molar-refractivity contribution in [1.82, 2.24) is 18.9 Å². The first-order chi connectivity index (χ1) is 18.2. The first kappa shape index (κ1) is 23.4. The molecule has 0 aliphatic carbocycles. The largest absolute Gasteiger partial charge is 0.435 e. The van der Waals surface area contributed by atoms with Crippen molar-refractivity contribution in [1.29, 1.82) is 10.5 Å². The Morgan fingerprint density at radius 1 is 0.711 bits per heavy atom. The molecule has 0 N–H and O–H groups in total. The molecule has 2 aromatic carbocycles. The fourth-order valence-electron chi connectivity index (χ4n) is 4.93. The number of benzene rings is 2. The van der Waals surface area contributed by atoms with Gasteiger partial charge in [-0.05, 0) is 63.1 Å². The molecule has 10 heteroatoms. The van der Waals surface area contributed by atoms with Crippen LogP contribution in [-0.4, -0.2) is 34.9 Å². The van der Waals surface area contributed by atoms with Gasteiger partial charge in [-0.2, -0.15) is 10.5 Å². The highest BCUT2D eigenvalue weighted by molar-refractivity contribution is 6.14. The third kappa shape index (κ3) is 3.24. The molecular weight excluding hydrogens is 474 g/mol. The van der Waals surface area contributed by atoms with Crippen LogP contribution in [0.2, 0.25) is 0 Å². The lowest BCUT2D eigenvalue weighted by Gasteiger charge is -2.04. The Labute approximate surface area is 219 Å². The normalized spacial score (nSPS) is 13.2. The molecule has 6 rings (SSSR count). The molecule has 6 aromatic rings. The molecule has 0 fully saturated rings. The van der Waals surface area contributed by atoms with Gasteiger partial charge in [-0.3, -0.25) is 0 Å². The lowest BCUT2D eigenvalue weighted by molar-refractivity contribution is 0.584. The number of rotatable bonds is 2. The second kappa shape index (κ2) is 8.29. The molecule has 178 valence electrons. The molecule has 0 spiro atoms. The highest BCUT2D eigenvalue weighted by atomic mass is 16.4. The topological polar surface area (TPSA) is 110 Å². The molecule has 0 aliphatic rings. The Morgan fingerprint density at radius 2 is 1.11 bits per heavy atom. The Balaban J connectivity index is 1.75. The molecular formula is C28H18B2N6O2. The molecule has 4 heterocycles. The van der Waals surface area contributed by atoms with Crippen molar-refractivity contribution < 1.29 is 8.83 Å². The monoisotopic (exact) mass is 492 g/mol. The molecule has 4 aromatic heterocycles. The van der Waals surface area contributed by atoms with Crippen LogP contribution in [0.25, 0.3) is 44.1 Å². The van der Waals surface area contributed by atoms with Crippen molar-refractivity contribution in [2.45, 2.75) is 27.7 Å². The summed E-state index contributed by atoms with van der Waals surface area (Å²) in [5.41, 5.74) is 5.89. The van der Waals surface area contributed by atoms with E-state index in [4.69, 9.17) is 24.8 Å². The van der Waals surface area contributed by atoms with E-state index in [9.17, 15) is 10.5 Å². The first-order valence-corrected chi connectivity index (χ1v) is 11.8. The molecule has 38 heavy (non-hydrogen) atoms. The lowest BCUT2D eigenvalue weighted by atomic mass is 10.1. The van der Waals surface area contributed by atoms with E-state index < -0.39 is 0 Å². The van der Waals surface area contributed by atoms with Crippen LogP contribution < -0.4 is 10.7 Å². The maximum atomic E-state index is 10.2. The summed E-state index contributed by atoms with van der Waals surface area (Å²) in [5.74, 6) is 0.285. The summed E-state index contributed by atoms with van der Waals surface area (Å²) in [6, 6.07) is 15.7. The van der Waals surface area contributed by atoms with Crippen LogP contribution in [-0.2, 0) is 0 Å². The van der Waals surface area contributed by atoms with Crippen molar-refractivity contribution >= 4 is 60.1 Å². The van der Waals surface area contributed by atoms with Crippen LogP contribution in [0.3, 0.4) is 0 Å². The number of fused-ring (bicyclic) bond motifs is 3. The zero-order valence-electron chi connectivity index (χ0n) is 21.1. The Hall–Kier alpha value is -4.95. The van der Waals surface area contributed by atoms with Gasteiger partial charge in [0.15, 0.2) is 11.2 Å². The standard InChI is InChI=1S/C28H18B2N6O2/c1-13-5-7-19-21(9-13)37-27(33-19)17(11-31)25-23-15(3)36(30)26(24(23)16(4)35(25)29)18(12-32)28-34-20-8-6-14(2)10-22(20)38-28/h5-10H,1-4H3/b25-17-,26-18-. The van der Waals surface area contributed by atoms with E-state index in [1.807, 2.05) is 50.2 Å². The van der Waals surface area contributed by atoms with E-state index in [0.29, 0.717) is 55.1 Å². The zero-order valence-corrected chi connectivity index (χ0v) is 21.1. The minimum Gasteiger partial charge on any atom is -0.435 e. The number of hydrogen-bond donors (Lipinski definition) is 0. The van der Waals surface area contributed by atoms with E-state index in [1.54, 1.807) is 13.8 Å². The second-order valence-corrected chi connectivity index (χ2v) is 9.31. The van der Waals surface area contributed by atoms with Gasteiger partial charge >= 0.3 is 0 Å². The molecule has 4 radical (unpaired) electrons. The third-order valence-corrected chi connectivity index (χ3v) is 6.86. The van der Waals surface area contributed by atoms with Gasteiger partial charge in [-0.15, -0.1) is 0 Å². The van der Waals surface area contributed by atoms with Gasteiger partial charge in [0, 0.05) is 22.2 Å². The first-order valence-electron chi connectivity index (χ1n) is 11.8. The minimum absolute atomic E-state index is 0.142. The molecule has 8 nitrogen and oxygen atoms in total. The maximum absolute atomic E-state index is 10.2. The predicted molar refractivity (Wildman–Crippen MR) is 145 cm³/mol. The summed E-state index contributed by atoms with van der Waals surface area (Å²) >= 11 is 0. The van der Waals surface area contributed by atoms with Crippen LogP contribution >= 0.6 is 0 Å². The fourth-order valence-corrected chi connectivity index (χ4v) is 4.93. The van der Waals surface area contributed by atoms with Crippen LogP contribution in [0.5, 0.6) is 0 Å². The van der Waals surface area contributed by atoms with Gasteiger partial charge in [-0.25, -0.2) is 9.97 Å². The Morgan fingerprint density at radius 3 is 1.47 bits per heavy atom. The molecule has 0 atom stereocenters. The smallest absolute Gasteiger partial charge is 0.240 e. The predicted octanol–water partition coefficient (Wildman–Crippen LogP) is 3.27. The van der Waals surface area contributed by atoms with Gasteiger partial charge in [0.25, 0.3) is 0 Å². The summed E-state index contributed by atoms with van der Waals surface area (Å²) in [6.07, 6.45) is 0. The molecule has 0 bridgehead atoms. The van der Waals surface area contributed by atoms with Crippen molar-refractivity contribution in [3.8, 4) is 12.1 Å². The van der Waals surface area contributed by atoms with E-state index in [2.05, 4.69) is 22.1 Å². The summed E-state index contributed by atoms with van der Waals surface area (Å²) in [5, 5.41) is 22.5. The van der Waals surface area contributed by atoms with Crippen LogP contribution in [0.1, 0.15) is 34.3 Å². The molecule has 0 unspecified atom stereocenters. The average molecular weight is 492 g/mol. The number of nitrogens with zero attached hydrogens (tertiary/aromatic N) is 6. The van der Waals surface area contributed by atoms with Crippen LogP contribution in [0, 0.1) is 50.4 Å². The maximum Gasteiger partial charge on any atom is 0.240 e. The van der Waals surface area contributed by atoms with Gasteiger partial charge in [0.2, 0.25) is 27.7 Å². The van der Waals surface area contributed by atoms with Crippen LogP contribution in [0.4, 0.5) is 0 Å². The fraction of sp³-hybridized carbons (Fsp3) is 0.143. The van der Waals surface area contributed by atoms with Gasteiger partial charge in [0.05, 0.1) is 10.7 Å². The van der Waals surface area contributed by atoms with E-state index in [-0.39, 0.29) is 22.9 Å². The second-order valence-electron chi connectivity index (χ2n) is 9.31. The number of aromatic nitrogens is 4. The Bertz CT molecular complexity index is 2020. The summed E-state index contributed by atoms with van der Waals surface area (Å²) in [6.45, 7) is 7.49. The summed E-state index contributed by atoms with van der Waals surface area (Å²) in [7, 11) is 13.1. The van der Waals surface area contributed by atoms with Crippen molar-refractivity contribution in [2.24, 2.45) is 0 Å². The highest BCUT2D eigenvalue weighted by Crippen LogP contribution is 2.26. The van der Waals surface area contributed by atoms with Gasteiger partial charge in [-0.1, -0.05) is 12.1 Å². The van der Waals surface area contributed by atoms with Crippen molar-refractivity contribution in [3.05, 3.63) is 81.4 Å². The average Bonchev–Trinajstić information content (AvgIpc) is 3.62. The number of aryl methyl sites for hydroxylation is 4. The van der Waals surface area contributed by atoms with Crippen LogP contribution in [0.15, 0.2) is 45.2 Å². The quantitative estimate of drug-likeness (QED) is 0.344. The van der Waals surface area contributed by atoms with E-state index in [0.717, 1.165) is 11.1 Å². The zero-order chi connectivity index (χ0) is 26.9. The van der Waals surface area contributed by atoms with Gasteiger partial charge in [0.1, 0.15) is 34.3 Å². The van der Waals surface area contributed by atoms with Gasteiger partial charge < -0.3 is 17.8 Å². The number of oxazole rings is 2. The molecule has 0 amide bonds. The summed E-state index contributed by atoms with van der Waals surface area (Å²) in [4.78, 5) is 9.06. The SMILES string of the molecule is [B]n1c(C)c2/c(=C(\C#N)c3nc4ccc(C)cc4o3)n([B])c(C)c2/c1=C(\C#N)c1nc2ccc(C)cc2o1. The van der Waals surface area contributed by atoms with E-state index >= 15 is 0 Å². The highest BCUT2D eigenvalue weighted by Gasteiger charge is 2.24. The van der Waals surface area contributed by atoms with E-state index in [1.165, 1.54) is 8.96 Å². The summed E-state index contributed by atoms with van der Waals surface area (Å²) < 4.78 is 14.7. The molecule has 0 aliphatic heterocycles. The molecule has 0 saturated heterocycles.